The zero-order valence-corrected chi connectivity index (χ0v) is 16.3. The van der Waals surface area contributed by atoms with Gasteiger partial charge in [-0.1, -0.05) is 24.9 Å². The fourth-order valence-electron chi connectivity index (χ4n) is 4.18. The molecule has 1 unspecified atom stereocenters. The number of halogens is 1. The van der Waals surface area contributed by atoms with Gasteiger partial charge in [-0.15, -0.1) is 0 Å². The van der Waals surface area contributed by atoms with Crippen molar-refractivity contribution in [2.75, 3.05) is 13.1 Å². The predicted molar refractivity (Wildman–Crippen MR) is 104 cm³/mol. The molecule has 2 fully saturated rings. The molecule has 1 aromatic rings. The number of carbonyl (C=O) groups is 2. The highest BCUT2D eigenvalue weighted by atomic mass is 35.5. The molecule has 142 valence electrons. The lowest BCUT2D eigenvalue weighted by Crippen LogP contribution is -2.48. The molecule has 2 amide bonds. The number of benzene rings is 1. The van der Waals surface area contributed by atoms with Gasteiger partial charge in [0.05, 0.1) is 5.92 Å². The van der Waals surface area contributed by atoms with Crippen LogP contribution in [0.3, 0.4) is 0 Å². The van der Waals surface area contributed by atoms with E-state index in [0.29, 0.717) is 29.7 Å². The summed E-state index contributed by atoms with van der Waals surface area (Å²) in [4.78, 5) is 27.2. The third-order valence-corrected chi connectivity index (χ3v) is 6.19. The Labute approximate surface area is 161 Å². The smallest absolute Gasteiger partial charge is 0.253 e. The predicted octanol–water partition coefficient (Wildman–Crippen LogP) is 4.28. The highest BCUT2D eigenvalue weighted by Crippen LogP contribution is 2.27. The Morgan fingerprint density at radius 2 is 1.81 bits per heavy atom. The van der Waals surface area contributed by atoms with Crippen molar-refractivity contribution in [3.63, 3.8) is 0 Å². The molecule has 1 N–H and O–H groups in total. The fourth-order valence-corrected chi connectivity index (χ4v) is 4.31. The quantitative estimate of drug-likeness (QED) is 0.852. The average Bonchev–Trinajstić information content (AvgIpc) is 2.68. The van der Waals surface area contributed by atoms with Gasteiger partial charge in [-0.05, 0) is 68.7 Å². The molecule has 1 saturated heterocycles. The first-order valence-corrected chi connectivity index (χ1v) is 10.3. The largest absolute Gasteiger partial charge is 0.353 e. The third-order valence-electron chi connectivity index (χ3n) is 5.94. The van der Waals surface area contributed by atoms with Crippen molar-refractivity contribution in [2.45, 2.75) is 57.9 Å². The number of likely N-dealkylation sites (tertiary alicyclic amines) is 1. The molecule has 2 aliphatic rings. The van der Waals surface area contributed by atoms with E-state index in [1.54, 1.807) is 24.3 Å². The zero-order chi connectivity index (χ0) is 18.5. The number of nitrogens with one attached hydrogen (secondary N) is 1. The Balaban J connectivity index is 1.53. The maximum absolute atomic E-state index is 12.7. The number of hydrogen-bond donors (Lipinski definition) is 1. The van der Waals surface area contributed by atoms with Crippen molar-refractivity contribution >= 4 is 23.4 Å². The summed E-state index contributed by atoms with van der Waals surface area (Å²) < 4.78 is 0. The third kappa shape index (κ3) is 4.79. The molecule has 0 radical (unpaired) electrons. The summed E-state index contributed by atoms with van der Waals surface area (Å²) in [7, 11) is 0. The molecule has 0 aromatic heterocycles. The van der Waals surface area contributed by atoms with Crippen LogP contribution in [0.1, 0.15) is 62.2 Å². The lowest BCUT2D eigenvalue weighted by atomic mass is 9.84. The minimum atomic E-state index is -0.0936. The van der Waals surface area contributed by atoms with E-state index in [2.05, 4.69) is 12.2 Å². The highest BCUT2D eigenvalue weighted by Gasteiger charge is 2.30. The van der Waals surface area contributed by atoms with Gasteiger partial charge in [0.25, 0.3) is 5.91 Å². The molecule has 0 spiro atoms. The molecule has 0 bridgehead atoms. The van der Waals surface area contributed by atoms with Gasteiger partial charge in [0.15, 0.2) is 0 Å². The van der Waals surface area contributed by atoms with Gasteiger partial charge >= 0.3 is 0 Å². The number of hydrogen-bond acceptors (Lipinski definition) is 2. The molecule has 1 aliphatic heterocycles. The summed E-state index contributed by atoms with van der Waals surface area (Å²) in [6.45, 7) is 3.47. The second-order valence-corrected chi connectivity index (χ2v) is 8.17. The van der Waals surface area contributed by atoms with E-state index in [1.807, 2.05) is 4.90 Å². The molecule has 5 heteroatoms. The van der Waals surface area contributed by atoms with E-state index in [0.717, 1.165) is 31.6 Å². The van der Waals surface area contributed by atoms with Crippen LogP contribution >= 0.6 is 11.6 Å². The fraction of sp³-hybridized carbons (Fsp3) is 0.619. The van der Waals surface area contributed by atoms with Crippen LogP contribution in [0.5, 0.6) is 0 Å². The van der Waals surface area contributed by atoms with Gasteiger partial charge in [0, 0.05) is 29.7 Å². The first-order valence-electron chi connectivity index (χ1n) is 9.92. The molecular formula is C21H29ClN2O2. The Hall–Kier alpha value is -1.55. The molecule has 1 saturated carbocycles. The molecule has 1 aliphatic carbocycles. The first-order chi connectivity index (χ1) is 12.6. The van der Waals surface area contributed by atoms with Crippen molar-refractivity contribution in [1.82, 2.24) is 10.2 Å². The average molecular weight is 377 g/mol. The van der Waals surface area contributed by atoms with Crippen LogP contribution in [0.4, 0.5) is 0 Å². The van der Waals surface area contributed by atoms with Crippen molar-refractivity contribution < 1.29 is 9.59 Å². The molecule has 26 heavy (non-hydrogen) atoms. The van der Waals surface area contributed by atoms with Gasteiger partial charge in [0.2, 0.25) is 5.91 Å². The number of nitrogens with zero attached hydrogens (tertiary/aromatic N) is 1. The summed E-state index contributed by atoms with van der Waals surface area (Å²) in [5, 5.41) is 3.87. The number of carbonyl (C=O) groups excluding carboxylic acids is 2. The van der Waals surface area contributed by atoms with E-state index in [9.17, 15) is 9.59 Å². The minimum Gasteiger partial charge on any atom is -0.353 e. The van der Waals surface area contributed by atoms with Crippen LogP contribution in [-0.2, 0) is 4.79 Å². The summed E-state index contributed by atoms with van der Waals surface area (Å²) in [5.74, 6) is 0.843. The van der Waals surface area contributed by atoms with Gasteiger partial charge in [-0.3, -0.25) is 9.59 Å². The van der Waals surface area contributed by atoms with Crippen molar-refractivity contribution in [3.8, 4) is 0 Å². The Kier molecular flexibility index (Phi) is 6.58. The lowest BCUT2D eigenvalue weighted by Gasteiger charge is -2.34. The van der Waals surface area contributed by atoms with Crippen molar-refractivity contribution in [1.29, 1.82) is 0 Å². The van der Waals surface area contributed by atoms with Gasteiger partial charge in [-0.2, -0.15) is 0 Å². The number of piperidine rings is 1. The van der Waals surface area contributed by atoms with Crippen molar-refractivity contribution in [2.24, 2.45) is 11.8 Å². The number of rotatable bonds is 4. The second-order valence-electron chi connectivity index (χ2n) is 7.73. The van der Waals surface area contributed by atoms with Gasteiger partial charge in [0.1, 0.15) is 0 Å². The van der Waals surface area contributed by atoms with Crippen LogP contribution in [-0.4, -0.2) is 35.8 Å². The SMILES string of the molecule is CCC1CCC(NC(=O)C2CCCN(C(=O)c3ccc(Cl)cc3)C2)CC1. The molecular weight excluding hydrogens is 348 g/mol. The Morgan fingerprint density at radius 3 is 2.46 bits per heavy atom. The van der Waals surface area contributed by atoms with Crippen LogP contribution in [0.25, 0.3) is 0 Å². The maximum atomic E-state index is 12.7. The molecule has 1 atom stereocenters. The molecule has 1 aromatic carbocycles. The standard InChI is InChI=1S/C21H29ClN2O2/c1-2-15-5-11-19(12-6-15)23-20(25)17-4-3-13-24(14-17)21(26)16-7-9-18(22)10-8-16/h7-10,15,17,19H,2-6,11-14H2,1H3,(H,23,25). The van der Waals surface area contributed by atoms with Crippen LogP contribution in [0, 0.1) is 11.8 Å². The monoisotopic (exact) mass is 376 g/mol. The Bertz CT molecular complexity index is 623. The van der Waals surface area contributed by atoms with E-state index in [1.165, 1.54) is 19.3 Å². The molecule has 4 nitrogen and oxygen atoms in total. The molecule has 1 heterocycles. The van der Waals surface area contributed by atoms with Crippen LogP contribution < -0.4 is 5.32 Å². The van der Waals surface area contributed by atoms with Crippen molar-refractivity contribution in [3.05, 3.63) is 34.9 Å². The van der Waals surface area contributed by atoms with E-state index in [4.69, 9.17) is 11.6 Å². The van der Waals surface area contributed by atoms with E-state index in [-0.39, 0.29) is 17.7 Å². The summed E-state index contributed by atoms with van der Waals surface area (Å²) in [6.07, 6.45) is 7.58. The zero-order valence-electron chi connectivity index (χ0n) is 15.5. The molecule has 3 rings (SSSR count). The van der Waals surface area contributed by atoms with E-state index < -0.39 is 0 Å². The summed E-state index contributed by atoms with van der Waals surface area (Å²) in [6, 6.07) is 7.28. The highest BCUT2D eigenvalue weighted by molar-refractivity contribution is 6.30. The number of amides is 2. The van der Waals surface area contributed by atoms with Gasteiger partial charge in [-0.25, -0.2) is 0 Å². The lowest BCUT2D eigenvalue weighted by molar-refractivity contribution is -0.127. The van der Waals surface area contributed by atoms with E-state index >= 15 is 0 Å². The minimum absolute atomic E-state index is 0.0115. The van der Waals surface area contributed by atoms with Crippen LogP contribution in [0.2, 0.25) is 5.02 Å². The summed E-state index contributed by atoms with van der Waals surface area (Å²) in [5.41, 5.74) is 0.633. The summed E-state index contributed by atoms with van der Waals surface area (Å²) >= 11 is 5.90. The van der Waals surface area contributed by atoms with Crippen LogP contribution in [0.15, 0.2) is 24.3 Å². The first kappa shape index (κ1) is 19.2. The second kappa shape index (κ2) is 8.90. The maximum Gasteiger partial charge on any atom is 0.253 e. The Morgan fingerprint density at radius 1 is 1.12 bits per heavy atom. The van der Waals surface area contributed by atoms with Gasteiger partial charge < -0.3 is 10.2 Å². The normalized spacial score (nSPS) is 26.4. The topological polar surface area (TPSA) is 49.4 Å².